The highest BCUT2D eigenvalue weighted by atomic mass is 19.4. The van der Waals surface area contributed by atoms with Crippen LogP contribution in [0.5, 0.6) is 5.75 Å². The quantitative estimate of drug-likeness (QED) is 0.690. The third-order valence-electron chi connectivity index (χ3n) is 2.19. The van der Waals surface area contributed by atoms with Crippen molar-refractivity contribution in [1.29, 1.82) is 0 Å². The van der Waals surface area contributed by atoms with Gasteiger partial charge in [-0.2, -0.15) is 13.2 Å². The molecule has 1 rings (SSSR count). The number of hydrogen-bond donors (Lipinski definition) is 0. The van der Waals surface area contributed by atoms with Crippen molar-refractivity contribution in [2.24, 2.45) is 0 Å². The van der Waals surface area contributed by atoms with Crippen LogP contribution < -0.4 is 4.74 Å². The Labute approximate surface area is 107 Å². The van der Waals surface area contributed by atoms with Gasteiger partial charge in [-0.3, -0.25) is 0 Å². The average Bonchev–Trinajstić information content (AvgIpc) is 2.28. The van der Waals surface area contributed by atoms with Gasteiger partial charge in [0.05, 0.1) is 6.61 Å². The van der Waals surface area contributed by atoms with Crippen LogP contribution in [0.25, 0.3) is 0 Å². The summed E-state index contributed by atoms with van der Waals surface area (Å²) in [4.78, 5) is 0. The number of benzene rings is 1. The third kappa shape index (κ3) is 7.20. The van der Waals surface area contributed by atoms with Gasteiger partial charge in [-0.05, 0) is 31.9 Å². The Hall–Kier alpha value is -1.19. The Balaban J connectivity index is 0.00000137. The van der Waals surface area contributed by atoms with Crippen LogP contribution >= 0.6 is 0 Å². The van der Waals surface area contributed by atoms with E-state index in [9.17, 15) is 13.2 Å². The second-order valence-electron chi connectivity index (χ2n) is 3.84. The molecule has 0 saturated heterocycles. The first-order chi connectivity index (χ1) is 8.38. The summed E-state index contributed by atoms with van der Waals surface area (Å²) in [6.45, 7) is 7.94. The van der Waals surface area contributed by atoms with Crippen LogP contribution in [0.3, 0.4) is 0 Å². The van der Waals surface area contributed by atoms with Gasteiger partial charge in [0.2, 0.25) is 0 Å². The summed E-state index contributed by atoms with van der Waals surface area (Å²) in [7, 11) is 0. The molecular formula is C14H21F3O. The Bertz CT molecular complexity index is 345. The Morgan fingerprint density at radius 2 is 1.72 bits per heavy atom. The molecule has 0 unspecified atom stereocenters. The summed E-state index contributed by atoms with van der Waals surface area (Å²) in [6.07, 6.45) is -4.89. The lowest BCUT2D eigenvalue weighted by Crippen LogP contribution is -2.10. The highest BCUT2D eigenvalue weighted by molar-refractivity contribution is 5.35. The lowest BCUT2D eigenvalue weighted by atomic mass is 10.1. The molecule has 0 amide bonds. The van der Waals surface area contributed by atoms with E-state index >= 15 is 0 Å². The minimum Gasteiger partial charge on any atom is -0.493 e. The van der Waals surface area contributed by atoms with Gasteiger partial charge in [-0.1, -0.05) is 31.5 Å². The molecule has 0 aromatic heterocycles. The fourth-order valence-electron chi connectivity index (χ4n) is 1.42. The molecule has 0 heterocycles. The number of hydrogen-bond acceptors (Lipinski definition) is 1. The second kappa shape index (κ2) is 8.01. The lowest BCUT2D eigenvalue weighted by molar-refractivity contribution is -0.136. The molecule has 0 fully saturated rings. The molecule has 0 aliphatic carbocycles. The van der Waals surface area contributed by atoms with Crippen molar-refractivity contribution < 1.29 is 17.9 Å². The zero-order valence-corrected chi connectivity index (χ0v) is 11.4. The molecule has 0 radical (unpaired) electrons. The SMILES string of the molecule is CC.Cc1ccc(OCCCC(F)(F)F)c(C)c1. The van der Waals surface area contributed by atoms with E-state index in [1.54, 1.807) is 6.07 Å². The predicted octanol–water partition coefficient (Wildman–Crippen LogP) is 5.05. The largest absolute Gasteiger partial charge is 0.493 e. The van der Waals surface area contributed by atoms with Crippen molar-refractivity contribution >= 4 is 0 Å². The lowest BCUT2D eigenvalue weighted by Gasteiger charge is -2.10. The number of alkyl halides is 3. The molecule has 1 aromatic rings. The van der Waals surface area contributed by atoms with Crippen molar-refractivity contribution in [1.82, 2.24) is 0 Å². The van der Waals surface area contributed by atoms with Gasteiger partial charge < -0.3 is 4.74 Å². The molecule has 1 nitrogen and oxygen atoms in total. The molecule has 0 bridgehead atoms. The molecular weight excluding hydrogens is 241 g/mol. The van der Waals surface area contributed by atoms with Gasteiger partial charge in [0.25, 0.3) is 0 Å². The molecule has 0 saturated carbocycles. The van der Waals surface area contributed by atoms with E-state index in [-0.39, 0.29) is 13.0 Å². The summed E-state index contributed by atoms with van der Waals surface area (Å²) in [5, 5.41) is 0. The summed E-state index contributed by atoms with van der Waals surface area (Å²) < 4.78 is 40.9. The zero-order valence-electron chi connectivity index (χ0n) is 11.4. The molecule has 0 N–H and O–H groups in total. The van der Waals surface area contributed by atoms with E-state index in [2.05, 4.69) is 0 Å². The van der Waals surface area contributed by atoms with Crippen molar-refractivity contribution in [2.45, 2.75) is 46.7 Å². The van der Waals surface area contributed by atoms with Gasteiger partial charge in [0, 0.05) is 6.42 Å². The molecule has 104 valence electrons. The van der Waals surface area contributed by atoms with Crippen LogP contribution in [0.15, 0.2) is 18.2 Å². The fourth-order valence-corrected chi connectivity index (χ4v) is 1.42. The van der Waals surface area contributed by atoms with Gasteiger partial charge in [-0.25, -0.2) is 0 Å². The maximum absolute atomic E-state index is 11.9. The van der Waals surface area contributed by atoms with Crippen LogP contribution in [-0.2, 0) is 0 Å². The first-order valence-electron chi connectivity index (χ1n) is 6.15. The second-order valence-corrected chi connectivity index (χ2v) is 3.84. The van der Waals surface area contributed by atoms with Crippen LogP contribution in [0.4, 0.5) is 13.2 Å². The molecule has 0 aliphatic heterocycles. The summed E-state index contributed by atoms with van der Waals surface area (Å²) >= 11 is 0. The number of halogens is 3. The molecule has 0 atom stereocenters. The standard InChI is InChI=1S/C12H15F3O.C2H6/c1-9-4-5-11(10(2)8-9)16-7-3-6-12(13,14)15;1-2/h4-5,8H,3,6-7H2,1-2H3;1-2H3. The van der Waals surface area contributed by atoms with Gasteiger partial charge in [0.15, 0.2) is 0 Å². The first kappa shape index (κ1) is 16.8. The van der Waals surface area contributed by atoms with Crippen LogP contribution in [0.1, 0.15) is 37.8 Å². The van der Waals surface area contributed by atoms with Crippen LogP contribution in [0.2, 0.25) is 0 Å². The van der Waals surface area contributed by atoms with Crippen molar-refractivity contribution in [3.63, 3.8) is 0 Å². The number of rotatable bonds is 4. The van der Waals surface area contributed by atoms with Gasteiger partial charge in [-0.15, -0.1) is 0 Å². The normalized spacial score (nSPS) is 10.6. The van der Waals surface area contributed by atoms with E-state index in [1.165, 1.54) is 0 Å². The smallest absolute Gasteiger partial charge is 0.389 e. The van der Waals surface area contributed by atoms with E-state index in [1.807, 2.05) is 39.8 Å². The predicted molar refractivity (Wildman–Crippen MR) is 68.0 cm³/mol. The monoisotopic (exact) mass is 262 g/mol. The average molecular weight is 262 g/mol. The van der Waals surface area contributed by atoms with E-state index in [4.69, 9.17) is 4.74 Å². The number of ether oxygens (including phenoxy) is 1. The van der Waals surface area contributed by atoms with Crippen molar-refractivity contribution in [3.05, 3.63) is 29.3 Å². The molecule has 1 aromatic carbocycles. The first-order valence-corrected chi connectivity index (χ1v) is 6.15. The highest BCUT2D eigenvalue weighted by Gasteiger charge is 2.26. The van der Waals surface area contributed by atoms with Gasteiger partial charge in [0.1, 0.15) is 5.75 Å². The molecule has 18 heavy (non-hydrogen) atoms. The zero-order chi connectivity index (χ0) is 14.2. The van der Waals surface area contributed by atoms with Crippen LogP contribution in [0, 0.1) is 13.8 Å². The molecule has 4 heteroatoms. The molecule has 0 spiro atoms. The van der Waals surface area contributed by atoms with Crippen molar-refractivity contribution in [2.75, 3.05) is 6.61 Å². The third-order valence-corrected chi connectivity index (χ3v) is 2.19. The minimum absolute atomic E-state index is 0.00316. The van der Waals surface area contributed by atoms with Crippen molar-refractivity contribution in [3.8, 4) is 5.75 Å². The fraction of sp³-hybridized carbons (Fsp3) is 0.571. The maximum Gasteiger partial charge on any atom is 0.389 e. The van der Waals surface area contributed by atoms with Gasteiger partial charge >= 0.3 is 6.18 Å². The molecule has 0 aliphatic rings. The maximum atomic E-state index is 11.9. The van der Waals surface area contributed by atoms with Crippen LogP contribution in [-0.4, -0.2) is 12.8 Å². The van der Waals surface area contributed by atoms with E-state index in [0.29, 0.717) is 5.75 Å². The summed E-state index contributed by atoms with van der Waals surface area (Å²) in [6, 6.07) is 5.61. The summed E-state index contributed by atoms with van der Waals surface area (Å²) in [5.74, 6) is 0.660. The topological polar surface area (TPSA) is 9.23 Å². The summed E-state index contributed by atoms with van der Waals surface area (Å²) in [5.41, 5.74) is 2.06. The highest BCUT2D eigenvalue weighted by Crippen LogP contribution is 2.22. The van der Waals surface area contributed by atoms with E-state index in [0.717, 1.165) is 11.1 Å². The minimum atomic E-state index is -4.09. The Morgan fingerprint density at radius 1 is 1.11 bits per heavy atom. The number of aryl methyl sites for hydroxylation is 2. The van der Waals surface area contributed by atoms with E-state index < -0.39 is 12.6 Å². The Kier molecular flexibility index (Phi) is 7.48. The Morgan fingerprint density at radius 3 is 2.22 bits per heavy atom.